The van der Waals surface area contributed by atoms with Crippen LogP contribution in [-0.2, 0) is 9.84 Å². The van der Waals surface area contributed by atoms with Gasteiger partial charge in [-0.2, -0.15) is 0 Å². The van der Waals surface area contributed by atoms with Crippen LogP contribution >= 0.6 is 24.0 Å². The molecule has 2 rings (SSSR count). The summed E-state index contributed by atoms with van der Waals surface area (Å²) in [6, 6.07) is 0.0486. The highest BCUT2D eigenvalue weighted by Gasteiger charge is 2.48. The van der Waals surface area contributed by atoms with Crippen molar-refractivity contribution in [3.63, 3.8) is 0 Å². The Kier molecular flexibility index (Phi) is 2.53. The van der Waals surface area contributed by atoms with E-state index < -0.39 is 9.84 Å². The van der Waals surface area contributed by atoms with Gasteiger partial charge in [-0.1, -0.05) is 24.0 Å². The fraction of sp³-hybridized carbons (Fsp3) is 0.857. The molecule has 0 unspecified atom stereocenters. The van der Waals surface area contributed by atoms with E-state index in [9.17, 15) is 8.42 Å². The lowest BCUT2D eigenvalue weighted by Gasteiger charge is -2.30. The van der Waals surface area contributed by atoms with Crippen LogP contribution in [0.25, 0.3) is 0 Å². The van der Waals surface area contributed by atoms with Crippen LogP contribution in [0.2, 0.25) is 0 Å². The Bertz CT molecular complexity index is 365. The molecule has 0 spiro atoms. The van der Waals surface area contributed by atoms with Crippen LogP contribution in [0.4, 0.5) is 0 Å². The molecule has 0 aromatic carbocycles. The number of sulfone groups is 1. The second-order valence-corrected chi connectivity index (χ2v) is 7.79. The van der Waals surface area contributed by atoms with Crippen LogP contribution in [0.5, 0.6) is 0 Å². The molecular formula is C7H12N2O2S3. The van der Waals surface area contributed by atoms with Gasteiger partial charge in [0.05, 0.1) is 17.5 Å². The molecule has 0 aromatic rings. The van der Waals surface area contributed by atoms with Gasteiger partial charge in [0.2, 0.25) is 0 Å². The molecule has 2 fully saturated rings. The Morgan fingerprint density at radius 1 is 1.50 bits per heavy atom. The molecule has 0 bridgehead atoms. The third kappa shape index (κ3) is 1.66. The predicted octanol–water partition coefficient (Wildman–Crippen LogP) is -0.0377. The van der Waals surface area contributed by atoms with Crippen molar-refractivity contribution in [3.8, 4) is 0 Å². The molecule has 0 aromatic heterocycles. The Morgan fingerprint density at radius 2 is 2.14 bits per heavy atom. The summed E-state index contributed by atoms with van der Waals surface area (Å²) in [5.41, 5.74) is 0. The molecule has 2 heterocycles. The number of rotatable bonds is 1. The first-order valence-corrected chi connectivity index (χ1v) is 7.39. The number of hydrogen-bond donors (Lipinski definition) is 0. The van der Waals surface area contributed by atoms with Crippen LogP contribution in [0.15, 0.2) is 0 Å². The highest BCUT2D eigenvalue weighted by molar-refractivity contribution is 8.24. The van der Waals surface area contributed by atoms with E-state index in [1.54, 1.807) is 0 Å². The third-order valence-corrected chi connectivity index (χ3v) is 6.03. The molecule has 0 radical (unpaired) electrons. The van der Waals surface area contributed by atoms with Crippen LogP contribution in [0, 0.1) is 0 Å². The number of hydrazine groups is 1. The number of thioether (sulfide) groups is 1. The molecule has 7 heteroatoms. The minimum atomic E-state index is -2.84. The van der Waals surface area contributed by atoms with Gasteiger partial charge in [0.25, 0.3) is 0 Å². The fourth-order valence-corrected chi connectivity index (χ4v) is 6.39. The van der Waals surface area contributed by atoms with Crippen molar-refractivity contribution in [2.75, 3.05) is 25.6 Å². The van der Waals surface area contributed by atoms with Gasteiger partial charge >= 0.3 is 0 Å². The zero-order valence-corrected chi connectivity index (χ0v) is 10.5. The molecule has 4 nitrogen and oxygen atoms in total. The topological polar surface area (TPSA) is 40.6 Å². The lowest BCUT2D eigenvalue weighted by molar-refractivity contribution is 0.0874. The lowest BCUT2D eigenvalue weighted by atomic mass is 10.2. The van der Waals surface area contributed by atoms with E-state index in [-0.39, 0.29) is 22.8 Å². The van der Waals surface area contributed by atoms with Crippen LogP contribution in [0.1, 0.15) is 0 Å². The SMILES string of the molecule is CN(C)N1C(=S)S[C@H]2CS(=O)(=O)C[C@H]21. The van der Waals surface area contributed by atoms with Gasteiger partial charge in [-0.05, 0) is 0 Å². The van der Waals surface area contributed by atoms with Crippen molar-refractivity contribution in [2.45, 2.75) is 11.3 Å². The van der Waals surface area contributed by atoms with Crippen LogP contribution < -0.4 is 0 Å². The molecule has 0 aliphatic carbocycles. The summed E-state index contributed by atoms with van der Waals surface area (Å²) < 4.78 is 23.6. The average Bonchev–Trinajstić information content (AvgIpc) is 2.37. The molecule has 14 heavy (non-hydrogen) atoms. The molecule has 0 amide bonds. The van der Waals surface area contributed by atoms with Crippen molar-refractivity contribution in [3.05, 3.63) is 0 Å². The molecule has 80 valence electrons. The quantitative estimate of drug-likeness (QED) is 0.610. The predicted molar refractivity (Wildman–Crippen MR) is 61.9 cm³/mol. The highest BCUT2D eigenvalue weighted by Crippen LogP contribution is 2.38. The number of nitrogens with zero attached hydrogens (tertiary/aromatic N) is 2. The normalized spacial score (nSPS) is 35.4. The molecule has 0 saturated carbocycles. The van der Waals surface area contributed by atoms with Gasteiger partial charge in [-0.3, -0.25) is 5.01 Å². The fourth-order valence-electron chi connectivity index (χ4n) is 1.92. The summed E-state index contributed by atoms with van der Waals surface area (Å²) in [6.07, 6.45) is 0. The van der Waals surface area contributed by atoms with E-state index >= 15 is 0 Å². The van der Waals surface area contributed by atoms with Gasteiger partial charge in [0, 0.05) is 19.3 Å². The summed E-state index contributed by atoms with van der Waals surface area (Å²) in [7, 11) is 0.934. The van der Waals surface area contributed by atoms with E-state index in [1.807, 2.05) is 24.1 Å². The molecule has 0 N–H and O–H groups in total. The van der Waals surface area contributed by atoms with E-state index in [0.29, 0.717) is 0 Å². The van der Waals surface area contributed by atoms with Gasteiger partial charge in [0.15, 0.2) is 14.2 Å². The Morgan fingerprint density at radius 3 is 2.71 bits per heavy atom. The van der Waals surface area contributed by atoms with E-state index in [4.69, 9.17) is 12.2 Å². The summed E-state index contributed by atoms with van der Waals surface area (Å²) >= 11 is 6.71. The summed E-state index contributed by atoms with van der Waals surface area (Å²) in [6.45, 7) is 0. The average molecular weight is 252 g/mol. The zero-order chi connectivity index (χ0) is 10.5. The van der Waals surface area contributed by atoms with Gasteiger partial charge in [-0.15, -0.1) is 0 Å². The maximum absolute atomic E-state index is 11.4. The number of fused-ring (bicyclic) bond motifs is 1. The largest absolute Gasteiger partial charge is 0.286 e. The third-order valence-electron chi connectivity index (χ3n) is 2.46. The first-order valence-electron chi connectivity index (χ1n) is 4.28. The molecule has 2 aliphatic rings. The monoisotopic (exact) mass is 252 g/mol. The minimum absolute atomic E-state index is 0.0486. The minimum Gasteiger partial charge on any atom is -0.286 e. The molecule has 2 atom stereocenters. The van der Waals surface area contributed by atoms with E-state index in [0.717, 1.165) is 4.32 Å². The number of hydrogen-bond acceptors (Lipinski definition) is 5. The van der Waals surface area contributed by atoms with Crippen molar-refractivity contribution >= 4 is 38.1 Å². The van der Waals surface area contributed by atoms with Gasteiger partial charge in [0.1, 0.15) is 0 Å². The lowest BCUT2D eigenvalue weighted by Crippen LogP contribution is -2.45. The standard InChI is InChI=1S/C7H12N2O2S3/c1-8(2)9-5-3-14(10,11)4-6(5)13-7(9)12/h5-6H,3-4H2,1-2H3/t5-,6+/m1/s1. The second kappa shape index (κ2) is 3.33. The van der Waals surface area contributed by atoms with Crippen molar-refractivity contribution < 1.29 is 8.42 Å². The smallest absolute Gasteiger partial charge is 0.153 e. The van der Waals surface area contributed by atoms with Crippen LogP contribution in [0.3, 0.4) is 0 Å². The van der Waals surface area contributed by atoms with Gasteiger partial charge < -0.3 is 0 Å². The first kappa shape index (κ1) is 10.7. The summed E-state index contributed by atoms with van der Waals surface area (Å²) in [5.74, 6) is 0.510. The summed E-state index contributed by atoms with van der Waals surface area (Å²) in [5, 5.41) is 3.92. The first-order chi connectivity index (χ1) is 6.41. The highest BCUT2D eigenvalue weighted by atomic mass is 32.2. The van der Waals surface area contributed by atoms with Gasteiger partial charge in [-0.25, -0.2) is 13.4 Å². The summed E-state index contributed by atoms with van der Waals surface area (Å²) in [4.78, 5) is 0. The molecular weight excluding hydrogens is 240 g/mol. The van der Waals surface area contributed by atoms with E-state index in [2.05, 4.69) is 0 Å². The number of thiocarbonyl (C=S) groups is 1. The zero-order valence-electron chi connectivity index (χ0n) is 8.00. The Hall–Kier alpha value is 0.150. The van der Waals surface area contributed by atoms with Crippen LogP contribution in [-0.4, -0.2) is 59.6 Å². The maximum atomic E-state index is 11.4. The van der Waals surface area contributed by atoms with Crippen molar-refractivity contribution in [1.82, 2.24) is 10.0 Å². The second-order valence-electron chi connectivity index (χ2n) is 3.76. The molecule has 2 saturated heterocycles. The van der Waals surface area contributed by atoms with Crippen molar-refractivity contribution in [2.24, 2.45) is 0 Å². The maximum Gasteiger partial charge on any atom is 0.153 e. The van der Waals surface area contributed by atoms with E-state index in [1.165, 1.54) is 11.8 Å². The van der Waals surface area contributed by atoms with Crippen molar-refractivity contribution in [1.29, 1.82) is 0 Å². The Labute approximate surface area is 93.5 Å². The Balaban J connectivity index is 2.26. The molecule has 2 aliphatic heterocycles.